The summed E-state index contributed by atoms with van der Waals surface area (Å²) < 4.78 is 0. The molecule has 0 atom stereocenters. The van der Waals surface area contributed by atoms with Crippen LogP contribution in [0.3, 0.4) is 0 Å². The molecule has 0 fully saturated rings. The molecule has 2 aromatic rings. The summed E-state index contributed by atoms with van der Waals surface area (Å²) in [4.78, 5) is 0.944. The van der Waals surface area contributed by atoms with E-state index in [1.54, 1.807) is 12.1 Å². The molecule has 0 aliphatic rings. The van der Waals surface area contributed by atoms with Gasteiger partial charge in [-0.05, 0) is 24.3 Å². The molecule has 0 aliphatic carbocycles. The fraction of sp³-hybridized carbons (Fsp3) is 0. The van der Waals surface area contributed by atoms with Gasteiger partial charge in [-0.1, -0.05) is 0 Å². The first-order chi connectivity index (χ1) is 6.66. The molecule has 3 nitrogen and oxygen atoms in total. The normalized spacial score (nSPS) is 10.3. The SMILES string of the molecule is Nc1ccc(-c2ccc(N)s2)c(O)c1. The molecular formula is C10H10N2OS. The fourth-order valence-electron chi connectivity index (χ4n) is 1.25. The first-order valence-electron chi connectivity index (χ1n) is 4.11. The molecule has 0 saturated heterocycles. The van der Waals surface area contributed by atoms with Gasteiger partial charge in [0.05, 0.1) is 5.00 Å². The average Bonchev–Trinajstić information content (AvgIpc) is 2.51. The van der Waals surface area contributed by atoms with Crippen LogP contribution in [0.5, 0.6) is 5.75 Å². The van der Waals surface area contributed by atoms with Gasteiger partial charge in [-0.2, -0.15) is 0 Å². The Labute approximate surface area is 85.6 Å². The lowest BCUT2D eigenvalue weighted by Gasteiger charge is -2.02. The lowest BCUT2D eigenvalue weighted by molar-refractivity contribution is 0.478. The zero-order valence-corrected chi connectivity index (χ0v) is 8.21. The van der Waals surface area contributed by atoms with E-state index in [1.165, 1.54) is 17.4 Å². The van der Waals surface area contributed by atoms with Crippen molar-refractivity contribution in [3.8, 4) is 16.2 Å². The molecule has 5 N–H and O–H groups in total. The second kappa shape index (κ2) is 3.23. The summed E-state index contributed by atoms with van der Waals surface area (Å²) in [5.74, 6) is 0.187. The molecule has 0 amide bonds. The second-order valence-corrected chi connectivity index (χ2v) is 4.09. The van der Waals surface area contributed by atoms with Crippen molar-refractivity contribution in [2.24, 2.45) is 0 Å². The molecule has 0 bridgehead atoms. The van der Waals surface area contributed by atoms with E-state index < -0.39 is 0 Å². The van der Waals surface area contributed by atoms with Crippen LogP contribution in [0.25, 0.3) is 10.4 Å². The summed E-state index contributed by atoms with van der Waals surface area (Å²) in [6.45, 7) is 0. The molecule has 1 aromatic heterocycles. The van der Waals surface area contributed by atoms with Crippen LogP contribution in [0, 0.1) is 0 Å². The summed E-state index contributed by atoms with van der Waals surface area (Å²) in [5.41, 5.74) is 12.5. The number of nitrogen functional groups attached to an aromatic ring is 2. The van der Waals surface area contributed by atoms with Crippen LogP contribution in [0.2, 0.25) is 0 Å². The van der Waals surface area contributed by atoms with Gasteiger partial charge in [0.25, 0.3) is 0 Å². The van der Waals surface area contributed by atoms with Crippen LogP contribution in [0.1, 0.15) is 0 Å². The fourth-order valence-corrected chi connectivity index (χ4v) is 2.06. The first-order valence-corrected chi connectivity index (χ1v) is 4.92. The molecule has 4 heteroatoms. The molecular weight excluding hydrogens is 196 g/mol. The highest BCUT2D eigenvalue weighted by Crippen LogP contribution is 2.36. The summed E-state index contributed by atoms with van der Waals surface area (Å²) >= 11 is 1.44. The molecule has 2 rings (SSSR count). The zero-order chi connectivity index (χ0) is 10.1. The van der Waals surface area contributed by atoms with Gasteiger partial charge in [-0.15, -0.1) is 11.3 Å². The third-order valence-electron chi connectivity index (χ3n) is 1.91. The van der Waals surface area contributed by atoms with E-state index in [4.69, 9.17) is 11.5 Å². The lowest BCUT2D eigenvalue weighted by atomic mass is 10.1. The molecule has 0 radical (unpaired) electrons. The van der Waals surface area contributed by atoms with Gasteiger partial charge in [0.15, 0.2) is 0 Å². The van der Waals surface area contributed by atoms with Crippen LogP contribution in [0.4, 0.5) is 10.7 Å². The first kappa shape index (κ1) is 8.90. The predicted octanol–water partition coefficient (Wildman–Crippen LogP) is 2.29. The summed E-state index contributed by atoms with van der Waals surface area (Å²) in [5, 5.41) is 10.4. The van der Waals surface area contributed by atoms with Crippen molar-refractivity contribution in [1.29, 1.82) is 0 Å². The van der Waals surface area contributed by atoms with Crippen molar-refractivity contribution in [2.75, 3.05) is 11.5 Å². The van der Waals surface area contributed by atoms with Gasteiger partial charge in [-0.3, -0.25) is 0 Å². The molecule has 0 unspecified atom stereocenters. The van der Waals surface area contributed by atoms with Crippen LogP contribution >= 0.6 is 11.3 Å². The van der Waals surface area contributed by atoms with E-state index in [2.05, 4.69) is 0 Å². The van der Waals surface area contributed by atoms with E-state index in [0.29, 0.717) is 5.69 Å². The molecule has 0 spiro atoms. The zero-order valence-electron chi connectivity index (χ0n) is 7.40. The quantitative estimate of drug-likeness (QED) is 0.627. The van der Waals surface area contributed by atoms with Gasteiger partial charge in [0.1, 0.15) is 5.75 Å². The largest absolute Gasteiger partial charge is 0.507 e. The monoisotopic (exact) mass is 206 g/mol. The van der Waals surface area contributed by atoms with Gasteiger partial charge in [0.2, 0.25) is 0 Å². The molecule has 1 aromatic carbocycles. The lowest BCUT2D eigenvalue weighted by Crippen LogP contribution is -1.84. The maximum absolute atomic E-state index is 9.64. The van der Waals surface area contributed by atoms with E-state index >= 15 is 0 Å². The van der Waals surface area contributed by atoms with Crippen LogP contribution < -0.4 is 11.5 Å². The molecule has 0 aliphatic heterocycles. The Morgan fingerprint density at radius 1 is 1.07 bits per heavy atom. The number of rotatable bonds is 1. The van der Waals surface area contributed by atoms with Crippen molar-refractivity contribution < 1.29 is 5.11 Å². The molecule has 14 heavy (non-hydrogen) atoms. The van der Waals surface area contributed by atoms with Crippen molar-refractivity contribution in [2.45, 2.75) is 0 Å². The van der Waals surface area contributed by atoms with Gasteiger partial charge in [-0.25, -0.2) is 0 Å². The van der Waals surface area contributed by atoms with E-state index in [-0.39, 0.29) is 5.75 Å². The minimum atomic E-state index is 0.187. The van der Waals surface area contributed by atoms with Gasteiger partial charge >= 0.3 is 0 Å². The Hall–Kier alpha value is -1.68. The number of nitrogens with two attached hydrogens (primary N) is 2. The van der Waals surface area contributed by atoms with E-state index in [9.17, 15) is 5.11 Å². The minimum absolute atomic E-state index is 0.187. The number of thiophene rings is 1. The Balaban J connectivity index is 2.52. The number of hydrogen-bond donors (Lipinski definition) is 3. The minimum Gasteiger partial charge on any atom is -0.507 e. The van der Waals surface area contributed by atoms with E-state index in [1.807, 2.05) is 12.1 Å². The predicted molar refractivity (Wildman–Crippen MR) is 60.2 cm³/mol. The van der Waals surface area contributed by atoms with Crippen LogP contribution in [-0.2, 0) is 0 Å². The van der Waals surface area contributed by atoms with Crippen LogP contribution in [0.15, 0.2) is 30.3 Å². The Bertz CT molecular complexity index is 465. The highest BCUT2D eigenvalue weighted by molar-refractivity contribution is 7.19. The Morgan fingerprint density at radius 3 is 2.43 bits per heavy atom. The molecule has 1 heterocycles. The smallest absolute Gasteiger partial charge is 0.126 e. The standard InChI is InChI=1S/C10H10N2OS/c11-6-1-2-7(8(13)5-6)9-3-4-10(12)14-9/h1-5,13H,11-12H2. The highest BCUT2D eigenvalue weighted by Gasteiger charge is 2.06. The second-order valence-electron chi connectivity index (χ2n) is 2.98. The van der Waals surface area contributed by atoms with E-state index in [0.717, 1.165) is 15.4 Å². The number of aromatic hydroxyl groups is 1. The number of benzene rings is 1. The topological polar surface area (TPSA) is 72.3 Å². The number of phenols is 1. The van der Waals surface area contributed by atoms with Crippen molar-refractivity contribution in [1.82, 2.24) is 0 Å². The third-order valence-corrected chi connectivity index (χ3v) is 2.86. The molecule has 0 saturated carbocycles. The number of anilines is 2. The Kier molecular flexibility index (Phi) is 2.05. The highest BCUT2D eigenvalue weighted by atomic mass is 32.1. The summed E-state index contributed by atoms with van der Waals surface area (Å²) in [6.07, 6.45) is 0. The van der Waals surface area contributed by atoms with Gasteiger partial charge < -0.3 is 16.6 Å². The number of phenolic OH excluding ortho intramolecular Hbond substituents is 1. The van der Waals surface area contributed by atoms with Crippen molar-refractivity contribution >= 4 is 22.0 Å². The maximum atomic E-state index is 9.64. The summed E-state index contributed by atoms with van der Waals surface area (Å²) in [7, 11) is 0. The van der Waals surface area contributed by atoms with Crippen LogP contribution in [-0.4, -0.2) is 5.11 Å². The Morgan fingerprint density at radius 2 is 1.86 bits per heavy atom. The summed E-state index contributed by atoms with van der Waals surface area (Å²) in [6, 6.07) is 8.77. The van der Waals surface area contributed by atoms with Crippen molar-refractivity contribution in [3.05, 3.63) is 30.3 Å². The maximum Gasteiger partial charge on any atom is 0.126 e. The van der Waals surface area contributed by atoms with Crippen molar-refractivity contribution in [3.63, 3.8) is 0 Å². The average molecular weight is 206 g/mol. The molecule has 72 valence electrons. The number of hydrogen-bond acceptors (Lipinski definition) is 4. The third kappa shape index (κ3) is 1.52. The van der Waals surface area contributed by atoms with Gasteiger partial charge in [0, 0.05) is 22.2 Å².